The van der Waals surface area contributed by atoms with Gasteiger partial charge in [-0.05, 0) is 62.1 Å². The molecule has 7 N–H and O–H groups in total. The van der Waals surface area contributed by atoms with Crippen LogP contribution < -0.4 is 11.1 Å². The number of phenols is 1. The minimum atomic E-state index is -2.75. The Bertz CT molecular complexity index is 1710. The molecule has 224 valence electrons. The van der Waals surface area contributed by atoms with Crippen molar-refractivity contribution < 1.29 is 39.2 Å². The van der Waals surface area contributed by atoms with Gasteiger partial charge in [-0.2, -0.15) is 5.26 Å². The molecule has 4 aliphatic rings. The molecule has 2 saturated carbocycles. The van der Waals surface area contributed by atoms with Crippen molar-refractivity contribution in [3.8, 4) is 23.3 Å². The van der Waals surface area contributed by atoms with Crippen molar-refractivity contribution in [2.24, 2.45) is 23.0 Å². The predicted octanol–water partition coefficient (Wildman–Crippen LogP) is 2.46. The van der Waals surface area contributed by atoms with Gasteiger partial charge < -0.3 is 35.9 Å². The molecule has 1 amide bonds. The Labute approximate surface area is 246 Å². The van der Waals surface area contributed by atoms with Crippen LogP contribution in [0, 0.1) is 28.6 Å². The number of nitrogens with two attached hydrogens (primary N) is 1. The molecule has 43 heavy (non-hydrogen) atoms. The smallest absolute Gasteiger partial charge is 0.255 e. The van der Waals surface area contributed by atoms with E-state index in [0.29, 0.717) is 29.7 Å². The fourth-order valence-corrected chi connectivity index (χ4v) is 7.24. The molecule has 0 aliphatic heterocycles. The number of aromatic nitrogens is 1. The summed E-state index contributed by atoms with van der Waals surface area (Å²) < 4.78 is 5.72. The number of primary amides is 1. The minimum Gasteiger partial charge on any atom is -0.508 e. The molecule has 12 heteroatoms. The molecule has 0 saturated heterocycles. The Balaban J connectivity index is 1.47. The zero-order chi connectivity index (χ0) is 31.2. The van der Waals surface area contributed by atoms with E-state index in [9.17, 15) is 40.1 Å². The number of rotatable bonds is 5. The summed E-state index contributed by atoms with van der Waals surface area (Å²) in [5.74, 6) is -6.95. The summed E-state index contributed by atoms with van der Waals surface area (Å²) in [4.78, 5) is 44.6. The average molecular weight is 589 g/mol. The van der Waals surface area contributed by atoms with E-state index in [-0.39, 0.29) is 47.6 Å². The van der Waals surface area contributed by atoms with Crippen LogP contribution in [-0.4, -0.2) is 60.6 Å². The highest BCUT2D eigenvalue weighted by Gasteiger charge is 2.64. The summed E-state index contributed by atoms with van der Waals surface area (Å²) in [6, 6.07) is 3.56. The number of aliphatic hydroxyl groups excluding tert-OH is 2. The van der Waals surface area contributed by atoms with E-state index in [1.165, 1.54) is 12.3 Å². The molecular weight excluding hydrogens is 556 g/mol. The molecule has 4 atom stereocenters. The number of ketones is 2. The van der Waals surface area contributed by atoms with Gasteiger partial charge >= 0.3 is 0 Å². The van der Waals surface area contributed by atoms with Crippen molar-refractivity contribution in [1.82, 2.24) is 10.3 Å². The standard InChI is InChI=1S/C31H32N4O8/c1-12(2)18-10-43-29(35-18)15-4-5-19(36)21-16(15)6-13-7-17-23(34-14-8-30(3,9-14)11-32)25(38)22(28(33)41)27(40)31(17,42)26(39)20(13)24(21)37/h4-5,10,12-14,17,23,34,36-37,40,42H,6-9H2,1-3H3,(H2,33,41). The maximum absolute atomic E-state index is 14.1. The Morgan fingerprint density at radius 1 is 1.23 bits per heavy atom. The third-order valence-corrected chi connectivity index (χ3v) is 9.51. The maximum Gasteiger partial charge on any atom is 0.255 e. The van der Waals surface area contributed by atoms with E-state index in [0.717, 1.165) is 0 Å². The van der Waals surface area contributed by atoms with Crippen LogP contribution in [-0.2, 0) is 20.8 Å². The minimum absolute atomic E-state index is 0.0335. The van der Waals surface area contributed by atoms with Crippen LogP contribution in [0.3, 0.4) is 0 Å². The zero-order valence-corrected chi connectivity index (χ0v) is 23.8. The molecule has 12 nitrogen and oxygen atoms in total. The van der Waals surface area contributed by atoms with E-state index in [4.69, 9.17) is 10.2 Å². The monoisotopic (exact) mass is 588 g/mol. The first-order valence-electron chi connectivity index (χ1n) is 14.2. The fraction of sp³-hybridized carbons (Fsp3) is 0.452. The molecule has 2 aromatic rings. The normalized spacial score (nSPS) is 31.7. The van der Waals surface area contributed by atoms with Crippen molar-refractivity contribution in [3.05, 3.63) is 52.1 Å². The van der Waals surface area contributed by atoms with Crippen molar-refractivity contribution >= 4 is 23.2 Å². The van der Waals surface area contributed by atoms with Crippen LogP contribution in [0.2, 0.25) is 0 Å². The topological polar surface area (TPSA) is 220 Å². The third-order valence-electron chi connectivity index (χ3n) is 9.51. The Morgan fingerprint density at radius 3 is 2.53 bits per heavy atom. The van der Waals surface area contributed by atoms with E-state index in [1.807, 2.05) is 13.8 Å². The lowest BCUT2D eigenvalue weighted by Gasteiger charge is -2.51. The molecule has 0 spiro atoms. The van der Waals surface area contributed by atoms with Gasteiger partial charge in [0.15, 0.2) is 11.4 Å². The van der Waals surface area contributed by atoms with E-state index in [1.54, 1.807) is 13.0 Å². The van der Waals surface area contributed by atoms with E-state index in [2.05, 4.69) is 16.4 Å². The van der Waals surface area contributed by atoms with Crippen molar-refractivity contribution in [1.29, 1.82) is 5.26 Å². The molecule has 0 radical (unpaired) electrons. The SMILES string of the molecule is CC(C)c1coc(-c2ccc(O)c3c2CC2CC4C(NC5CC(C)(C#N)C5)C(=O)C(C(N)=O)=C(O)C4(O)C(=O)C2=C3O)n1. The number of phenolic OH excluding ortho intramolecular Hbond substituents is 1. The quantitative estimate of drug-likeness (QED) is 0.279. The number of nitrogens with one attached hydrogen (secondary N) is 1. The van der Waals surface area contributed by atoms with E-state index < -0.39 is 63.5 Å². The van der Waals surface area contributed by atoms with Gasteiger partial charge in [-0.25, -0.2) is 4.98 Å². The molecule has 6 rings (SSSR count). The third kappa shape index (κ3) is 4.02. The molecule has 1 heterocycles. The highest BCUT2D eigenvalue weighted by atomic mass is 16.4. The lowest BCUT2D eigenvalue weighted by Crippen LogP contribution is -2.68. The molecule has 0 bridgehead atoms. The van der Waals surface area contributed by atoms with Crippen molar-refractivity contribution in [2.75, 3.05) is 0 Å². The summed E-state index contributed by atoms with van der Waals surface area (Å²) in [5, 5.41) is 57.8. The zero-order valence-electron chi connectivity index (χ0n) is 23.8. The van der Waals surface area contributed by atoms with E-state index >= 15 is 0 Å². The van der Waals surface area contributed by atoms with Gasteiger partial charge in [0.25, 0.3) is 5.91 Å². The molecule has 4 aliphatic carbocycles. The van der Waals surface area contributed by atoms with Crippen LogP contribution in [0.5, 0.6) is 5.75 Å². The number of Topliss-reactive ketones (excluding diaryl/α,β-unsaturated/α-hetero) is 2. The number of nitriles is 1. The number of oxazole rings is 1. The molecule has 4 unspecified atom stereocenters. The number of carbonyl (C=O) groups excluding carboxylic acids is 3. The lowest BCUT2D eigenvalue weighted by molar-refractivity contribution is -0.151. The summed E-state index contributed by atoms with van der Waals surface area (Å²) in [6.07, 6.45) is 2.38. The number of hydrogen-bond donors (Lipinski definition) is 6. The number of benzene rings is 1. The second-order valence-corrected chi connectivity index (χ2v) is 12.7. The Kier molecular flexibility index (Phi) is 6.34. The van der Waals surface area contributed by atoms with Crippen LogP contribution in [0.25, 0.3) is 17.2 Å². The largest absolute Gasteiger partial charge is 0.508 e. The second kappa shape index (κ2) is 9.52. The van der Waals surface area contributed by atoms with Crippen LogP contribution in [0.1, 0.15) is 62.8 Å². The summed E-state index contributed by atoms with van der Waals surface area (Å²) in [7, 11) is 0. The molecule has 1 aromatic carbocycles. The number of nitrogens with zero attached hydrogens (tertiary/aromatic N) is 2. The average Bonchev–Trinajstić information content (AvgIpc) is 3.42. The van der Waals surface area contributed by atoms with Gasteiger partial charge in [0, 0.05) is 23.1 Å². The summed E-state index contributed by atoms with van der Waals surface area (Å²) in [5.41, 5.74) is 2.58. The number of carbonyl (C=O) groups is 3. The number of amides is 1. The maximum atomic E-state index is 14.1. The molecule has 1 aromatic heterocycles. The van der Waals surface area contributed by atoms with Gasteiger partial charge in [0.05, 0.1) is 28.8 Å². The van der Waals surface area contributed by atoms with Crippen LogP contribution >= 0.6 is 0 Å². The van der Waals surface area contributed by atoms with Gasteiger partial charge in [-0.15, -0.1) is 0 Å². The summed E-state index contributed by atoms with van der Waals surface area (Å²) in [6.45, 7) is 5.69. The highest BCUT2D eigenvalue weighted by Crippen LogP contribution is 2.53. The number of aliphatic hydroxyl groups is 3. The highest BCUT2D eigenvalue weighted by molar-refractivity contribution is 6.24. The van der Waals surface area contributed by atoms with Crippen molar-refractivity contribution in [3.63, 3.8) is 0 Å². The van der Waals surface area contributed by atoms with Gasteiger partial charge in [0.2, 0.25) is 11.7 Å². The van der Waals surface area contributed by atoms with Gasteiger partial charge in [-0.1, -0.05) is 13.8 Å². The lowest BCUT2D eigenvalue weighted by atomic mass is 9.57. The van der Waals surface area contributed by atoms with Gasteiger partial charge in [0.1, 0.15) is 29.1 Å². The van der Waals surface area contributed by atoms with Crippen LogP contribution in [0.4, 0.5) is 0 Å². The first kappa shape index (κ1) is 28.6. The first-order valence-corrected chi connectivity index (χ1v) is 14.2. The molecular formula is C31H32N4O8. The first-order chi connectivity index (χ1) is 20.2. The summed E-state index contributed by atoms with van der Waals surface area (Å²) >= 11 is 0. The number of fused-ring (bicyclic) bond motifs is 3. The fourth-order valence-electron chi connectivity index (χ4n) is 7.24. The Hall–Kier alpha value is -4.47. The number of hydrogen-bond acceptors (Lipinski definition) is 11. The van der Waals surface area contributed by atoms with Crippen molar-refractivity contribution in [2.45, 2.75) is 70.1 Å². The Morgan fingerprint density at radius 2 is 1.93 bits per heavy atom. The number of aromatic hydroxyl groups is 1. The second-order valence-electron chi connectivity index (χ2n) is 12.7. The van der Waals surface area contributed by atoms with Gasteiger partial charge in [-0.3, -0.25) is 14.4 Å². The molecule has 2 fully saturated rings. The van der Waals surface area contributed by atoms with Crippen LogP contribution in [0.15, 0.2) is 39.7 Å². The predicted molar refractivity (Wildman–Crippen MR) is 150 cm³/mol.